The highest BCUT2D eigenvalue weighted by Gasteiger charge is 2.27. The number of benzene rings is 1. The van der Waals surface area contributed by atoms with Crippen LogP contribution >= 0.6 is 0 Å². The highest BCUT2D eigenvalue weighted by Crippen LogP contribution is 2.21. The van der Waals surface area contributed by atoms with Crippen LogP contribution < -0.4 is 5.32 Å². The predicted molar refractivity (Wildman–Crippen MR) is 111 cm³/mol. The van der Waals surface area contributed by atoms with E-state index in [4.69, 9.17) is 4.52 Å². The van der Waals surface area contributed by atoms with Crippen LogP contribution in [0.3, 0.4) is 0 Å². The van der Waals surface area contributed by atoms with Crippen molar-refractivity contribution in [3.63, 3.8) is 0 Å². The number of nitrogens with zero attached hydrogens (tertiary/aromatic N) is 4. The summed E-state index contributed by atoms with van der Waals surface area (Å²) in [6.45, 7) is 6.10. The van der Waals surface area contributed by atoms with E-state index in [0.717, 1.165) is 43.5 Å². The molecule has 2 aliphatic rings. The average Bonchev–Trinajstić information content (AvgIpc) is 3.37. The number of carbonyl (C=O) groups is 2. The first-order valence-corrected chi connectivity index (χ1v) is 10.8. The maximum absolute atomic E-state index is 12.6. The third-order valence-electron chi connectivity index (χ3n) is 5.83. The number of likely N-dealkylation sites (tertiary alicyclic amines) is 2. The molecule has 8 heteroatoms. The molecule has 3 heterocycles. The van der Waals surface area contributed by atoms with Crippen LogP contribution in [0.2, 0.25) is 0 Å². The fourth-order valence-corrected chi connectivity index (χ4v) is 4.22. The fourth-order valence-electron chi connectivity index (χ4n) is 4.22. The number of amides is 2. The van der Waals surface area contributed by atoms with Gasteiger partial charge in [0.25, 0.3) is 0 Å². The second-order valence-corrected chi connectivity index (χ2v) is 8.23. The molecule has 0 saturated carbocycles. The minimum atomic E-state index is -0.0489. The summed E-state index contributed by atoms with van der Waals surface area (Å²) in [5, 5.41) is 7.11. The second-order valence-electron chi connectivity index (χ2n) is 8.23. The average molecular weight is 412 g/mol. The van der Waals surface area contributed by atoms with Gasteiger partial charge in [0.2, 0.25) is 23.5 Å². The van der Waals surface area contributed by atoms with Gasteiger partial charge in [-0.05, 0) is 38.8 Å². The lowest BCUT2D eigenvalue weighted by atomic mass is 9.97. The molecule has 1 aromatic carbocycles. The number of nitrogens with one attached hydrogen (secondary N) is 1. The van der Waals surface area contributed by atoms with Crippen molar-refractivity contribution in [1.82, 2.24) is 25.3 Å². The largest absolute Gasteiger partial charge is 0.354 e. The summed E-state index contributed by atoms with van der Waals surface area (Å²) in [5.74, 6) is 1.37. The minimum Gasteiger partial charge on any atom is -0.354 e. The number of rotatable bonds is 7. The van der Waals surface area contributed by atoms with Crippen molar-refractivity contribution in [2.45, 2.75) is 39.2 Å². The minimum absolute atomic E-state index is 0.0489. The van der Waals surface area contributed by atoms with Gasteiger partial charge in [-0.1, -0.05) is 28.9 Å². The predicted octanol–water partition coefficient (Wildman–Crippen LogP) is 2.00. The molecular weight excluding hydrogens is 382 g/mol. The molecule has 1 N–H and O–H groups in total. The van der Waals surface area contributed by atoms with E-state index in [-0.39, 0.29) is 17.7 Å². The third kappa shape index (κ3) is 5.05. The molecule has 0 radical (unpaired) electrons. The van der Waals surface area contributed by atoms with E-state index in [9.17, 15) is 9.59 Å². The topological polar surface area (TPSA) is 91.6 Å². The summed E-state index contributed by atoms with van der Waals surface area (Å²) in [5.41, 5.74) is 2.09. The zero-order valence-electron chi connectivity index (χ0n) is 17.5. The van der Waals surface area contributed by atoms with Crippen molar-refractivity contribution in [3.8, 4) is 11.4 Å². The molecule has 30 heavy (non-hydrogen) atoms. The Kier molecular flexibility index (Phi) is 6.42. The molecule has 2 aliphatic heterocycles. The number of aryl methyl sites for hydroxylation is 1. The molecule has 8 nitrogen and oxygen atoms in total. The van der Waals surface area contributed by atoms with Gasteiger partial charge in [0, 0.05) is 38.2 Å². The van der Waals surface area contributed by atoms with Crippen molar-refractivity contribution >= 4 is 11.8 Å². The first kappa shape index (κ1) is 20.5. The maximum Gasteiger partial charge on any atom is 0.241 e. The van der Waals surface area contributed by atoms with Crippen molar-refractivity contribution in [1.29, 1.82) is 0 Å². The Hall–Kier alpha value is -2.74. The standard InChI is InChI=1S/C22H29N5O3/c1-16-5-2-6-17(13-16)21-24-19(30-25-21)15-26-10-3-7-18(14-26)22(29)23-9-12-27-11-4-8-20(27)28/h2,5-6,13,18H,3-4,7-12,14-15H2,1H3,(H,23,29). The van der Waals surface area contributed by atoms with Gasteiger partial charge in [0.15, 0.2) is 0 Å². The van der Waals surface area contributed by atoms with Crippen molar-refractivity contribution in [2.75, 3.05) is 32.7 Å². The zero-order chi connectivity index (χ0) is 20.9. The molecule has 1 atom stereocenters. The normalized spacial score (nSPS) is 20.0. The lowest BCUT2D eigenvalue weighted by Gasteiger charge is -2.31. The van der Waals surface area contributed by atoms with E-state index in [1.807, 2.05) is 36.1 Å². The molecule has 2 saturated heterocycles. The van der Waals surface area contributed by atoms with Crippen LogP contribution in [0.15, 0.2) is 28.8 Å². The number of aromatic nitrogens is 2. The lowest BCUT2D eigenvalue weighted by molar-refractivity contribution is -0.129. The summed E-state index contributed by atoms with van der Waals surface area (Å²) in [7, 11) is 0. The molecule has 2 aromatic rings. The number of hydrogen-bond acceptors (Lipinski definition) is 6. The van der Waals surface area contributed by atoms with Crippen LogP contribution in [0.5, 0.6) is 0 Å². The summed E-state index contributed by atoms with van der Waals surface area (Å²) >= 11 is 0. The van der Waals surface area contributed by atoms with Gasteiger partial charge in [0.1, 0.15) is 0 Å². The van der Waals surface area contributed by atoms with Gasteiger partial charge in [-0.15, -0.1) is 0 Å². The van der Waals surface area contributed by atoms with Crippen molar-refractivity contribution < 1.29 is 14.1 Å². The highest BCUT2D eigenvalue weighted by molar-refractivity contribution is 5.79. The van der Waals surface area contributed by atoms with E-state index >= 15 is 0 Å². The van der Waals surface area contributed by atoms with E-state index in [1.165, 1.54) is 0 Å². The number of piperidine rings is 1. The molecule has 0 spiro atoms. The number of carbonyl (C=O) groups excluding carboxylic acids is 2. The Morgan fingerprint density at radius 3 is 3.00 bits per heavy atom. The van der Waals surface area contributed by atoms with Crippen LogP contribution in [0.4, 0.5) is 0 Å². The molecule has 1 unspecified atom stereocenters. The van der Waals surface area contributed by atoms with Gasteiger partial charge in [0.05, 0.1) is 12.5 Å². The Balaban J connectivity index is 1.26. The quantitative estimate of drug-likeness (QED) is 0.749. The maximum atomic E-state index is 12.6. The first-order valence-electron chi connectivity index (χ1n) is 10.8. The summed E-state index contributed by atoms with van der Waals surface area (Å²) in [4.78, 5) is 32.8. The third-order valence-corrected chi connectivity index (χ3v) is 5.83. The monoisotopic (exact) mass is 411 g/mol. The second kappa shape index (κ2) is 9.38. The van der Waals surface area contributed by atoms with Crippen LogP contribution in [0, 0.1) is 12.8 Å². The zero-order valence-corrected chi connectivity index (χ0v) is 17.5. The molecule has 4 rings (SSSR count). The molecule has 160 valence electrons. The molecule has 1 aromatic heterocycles. The van der Waals surface area contributed by atoms with E-state index in [1.54, 1.807) is 0 Å². The fraction of sp³-hybridized carbons (Fsp3) is 0.545. The van der Waals surface area contributed by atoms with Crippen molar-refractivity contribution in [3.05, 3.63) is 35.7 Å². The van der Waals surface area contributed by atoms with Crippen LogP contribution in [-0.2, 0) is 16.1 Å². The Bertz CT molecular complexity index is 896. The molecular formula is C22H29N5O3. The van der Waals surface area contributed by atoms with Gasteiger partial charge >= 0.3 is 0 Å². The van der Waals surface area contributed by atoms with Gasteiger partial charge in [-0.2, -0.15) is 4.98 Å². The van der Waals surface area contributed by atoms with Gasteiger partial charge < -0.3 is 14.7 Å². The van der Waals surface area contributed by atoms with Crippen LogP contribution in [0.1, 0.15) is 37.1 Å². The van der Waals surface area contributed by atoms with E-state index in [2.05, 4.69) is 20.4 Å². The van der Waals surface area contributed by atoms with E-state index in [0.29, 0.717) is 44.3 Å². The summed E-state index contributed by atoms with van der Waals surface area (Å²) < 4.78 is 5.45. The summed E-state index contributed by atoms with van der Waals surface area (Å²) in [6.07, 6.45) is 3.39. The van der Waals surface area contributed by atoms with Crippen LogP contribution in [-0.4, -0.2) is 64.5 Å². The Labute approximate surface area is 176 Å². The molecule has 0 bridgehead atoms. The van der Waals surface area contributed by atoms with Crippen molar-refractivity contribution in [2.24, 2.45) is 5.92 Å². The smallest absolute Gasteiger partial charge is 0.241 e. The molecule has 2 amide bonds. The Morgan fingerprint density at radius 2 is 2.20 bits per heavy atom. The SMILES string of the molecule is Cc1cccc(-c2noc(CN3CCCC(C(=O)NCCN4CCCC4=O)C3)n2)c1. The van der Waals surface area contributed by atoms with Gasteiger partial charge in [-0.3, -0.25) is 14.5 Å². The van der Waals surface area contributed by atoms with Gasteiger partial charge in [-0.25, -0.2) is 0 Å². The molecule has 0 aliphatic carbocycles. The Morgan fingerprint density at radius 1 is 1.30 bits per heavy atom. The first-order chi connectivity index (χ1) is 14.6. The summed E-state index contributed by atoms with van der Waals surface area (Å²) in [6, 6.07) is 8.02. The molecule has 2 fully saturated rings. The number of hydrogen-bond donors (Lipinski definition) is 1. The highest BCUT2D eigenvalue weighted by atomic mass is 16.5. The van der Waals surface area contributed by atoms with Crippen LogP contribution in [0.25, 0.3) is 11.4 Å². The lowest BCUT2D eigenvalue weighted by Crippen LogP contribution is -2.44. The van der Waals surface area contributed by atoms with E-state index < -0.39 is 0 Å².